The second kappa shape index (κ2) is 7.74. The van der Waals surface area contributed by atoms with Crippen LogP contribution in [-0.4, -0.2) is 29.5 Å². The van der Waals surface area contributed by atoms with Crippen LogP contribution in [0.3, 0.4) is 0 Å². The van der Waals surface area contributed by atoms with Crippen LogP contribution in [0.2, 0.25) is 0 Å². The second-order valence-corrected chi connectivity index (χ2v) is 6.22. The van der Waals surface area contributed by atoms with E-state index >= 15 is 0 Å². The standard InChI is InChI=1S/C14H25N3S/c1-2-8-15-14-16-11-13(18-14)12-17-9-6-4-3-5-7-10-17/h11H,2-10,12H2,1H3,(H,15,16). The molecule has 0 aliphatic carbocycles. The molecule has 102 valence electrons. The van der Waals surface area contributed by atoms with Crippen molar-refractivity contribution < 1.29 is 0 Å². The normalized spacial score (nSPS) is 18.3. The van der Waals surface area contributed by atoms with Crippen LogP contribution in [0, 0.1) is 0 Å². The molecule has 1 aliphatic heterocycles. The highest BCUT2D eigenvalue weighted by atomic mass is 32.1. The number of aromatic nitrogens is 1. The van der Waals surface area contributed by atoms with Gasteiger partial charge >= 0.3 is 0 Å². The average molecular weight is 267 g/mol. The van der Waals surface area contributed by atoms with E-state index in [9.17, 15) is 0 Å². The van der Waals surface area contributed by atoms with Crippen LogP contribution in [0.4, 0.5) is 5.13 Å². The lowest BCUT2D eigenvalue weighted by Crippen LogP contribution is -2.26. The Hall–Kier alpha value is -0.610. The molecule has 0 spiro atoms. The number of anilines is 1. The Kier molecular flexibility index (Phi) is 5.94. The van der Waals surface area contributed by atoms with Gasteiger partial charge in [0.2, 0.25) is 0 Å². The Labute approximate surface area is 115 Å². The quantitative estimate of drug-likeness (QED) is 0.881. The first-order chi connectivity index (χ1) is 8.88. The second-order valence-electron chi connectivity index (χ2n) is 5.10. The summed E-state index contributed by atoms with van der Waals surface area (Å²) in [5, 5.41) is 4.45. The molecule has 1 N–H and O–H groups in total. The zero-order chi connectivity index (χ0) is 12.6. The first kappa shape index (κ1) is 13.8. The van der Waals surface area contributed by atoms with Crippen molar-refractivity contribution in [2.45, 2.75) is 52.0 Å². The number of hydrogen-bond donors (Lipinski definition) is 1. The molecule has 1 aromatic rings. The zero-order valence-electron chi connectivity index (χ0n) is 11.5. The third kappa shape index (κ3) is 4.58. The molecular formula is C14H25N3S. The van der Waals surface area contributed by atoms with Gasteiger partial charge in [0.1, 0.15) is 0 Å². The van der Waals surface area contributed by atoms with E-state index in [1.165, 1.54) is 50.1 Å². The first-order valence-corrected chi connectivity index (χ1v) is 8.11. The van der Waals surface area contributed by atoms with Gasteiger partial charge < -0.3 is 5.32 Å². The van der Waals surface area contributed by atoms with Crippen molar-refractivity contribution in [3.05, 3.63) is 11.1 Å². The van der Waals surface area contributed by atoms with E-state index < -0.39 is 0 Å². The summed E-state index contributed by atoms with van der Waals surface area (Å²) in [4.78, 5) is 8.43. The molecule has 0 radical (unpaired) electrons. The van der Waals surface area contributed by atoms with Gasteiger partial charge in [0.15, 0.2) is 5.13 Å². The minimum absolute atomic E-state index is 1.02. The Bertz CT molecular complexity index is 330. The van der Waals surface area contributed by atoms with Gasteiger partial charge in [0.25, 0.3) is 0 Å². The summed E-state index contributed by atoms with van der Waals surface area (Å²) in [6.07, 6.45) is 10.2. The molecule has 0 atom stereocenters. The van der Waals surface area contributed by atoms with Gasteiger partial charge in [0, 0.05) is 24.2 Å². The molecule has 0 aromatic carbocycles. The van der Waals surface area contributed by atoms with Gasteiger partial charge in [-0.1, -0.05) is 26.2 Å². The molecule has 0 saturated carbocycles. The number of rotatable bonds is 5. The highest BCUT2D eigenvalue weighted by Crippen LogP contribution is 2.21. The lowest BCUT2D eigenvalue weighted by Gasteiger charge is -2.23. The minimum atomic E-state index is 1.02. The van der Waals surface area contributed by atoms with Gasteiger partial charge in [-0.25, -0.2) is 4.98 Å². The van der Waals surface area contributed by atoms with E-state index in [-0.39, 0.29) is 0 Å². The molecule has 1 fully saturated rings. The predicted octanol–water partition coefficient (Wildman–Crippen LogP) is 3.73. The van der Waals surface area contributed by atoms with Gasteiger partial charge in [-0.05, 0) is 32.4 Å². The number of nitrogens with zero attached hydrogens (tertiary/aromatic N) is 2. The van der Waals surface area contributed by atoms with Crippen LogP contribution >= 0.6 is 11.3 Å². The Morgan fingerprint density at radius 3 is 2.67 bits per heavy atom. The lowest BCUT2D eigenvalue weighted by atomic mass is 10.1. The summed E-state index contributed by atoms with van der Waals surface area (Å²) >= 11 is 1.81. The molecule has 0 bridgehead atoms. The molecule has 0 amide bonds. The van der Waals surface area contributed by atoms with Crippen molar-refractivity contribution in [1.29, 1.82) is 0 Å². The summed E-state index contributed by atoms with van der Waals surface area (Å²) < 4.78 is 0. The summed E-state index contributed by atoms with van der Waals surface area (Å²) in [7, 11) is 0. The molecule has 1 saturated heterocycles. The topological polar surface area (TPSA) is 28.2 Å². The van der Waals surface area contributed by atoms with E-state index in [1.807, 2.05) is 17.5 Å². The molecule has 18 heavy (non-hydrogen) atoms. The van der Waals surface area contributed by atoms with Crippen molar-refractivity contribution >= 4 is 16.5 Å². The molecular weight excluding hydrogens is 242 g/mol. The van der Waals surface area contributed by atoms with Crippen LogP contribution in [-0.2, 0) is 6.54 Å². The summed E-state index contributed by atoms with van der Waals surface area (Å²) in [6, 6.07) is 0. The third-order valence-corrected chi connectivity index (χ3v) is 4.35. The maximum atomic E-state index is 4.44. The fourth-order valence-electron chi connectivity index (χ4n) is 2.39. The first-order valence-electron chi connectivity index (χ1n) is 7.29. The number of nitrogens with one attached hydrogen (secondary N) is 1. The van der Waals surface area contributed by atoms with Crippen LogP contribution in [0.25, 0.3) is 0 Å². The lowest BCUT2D eigenvalue weighted by molar-refractivity contribution is 0.241. The number of thiazole rings is 1. The van der Waals surface area contributed by atoms with Crippen molar-refractivity contribution in [3.63, 3.8) is 0 Å². The van der Waals surface area contributed by atoms with Gasteiger partial charge in [0.05, 0.1) is 0 Å². The van der Waals surface area contributed by atoms with Crippen LogP contribution in [0.5, 0.6) is 0 Å². The van der Waals surface area contributed by atoms with Crippen LogP contribution in [0.1, 0.15) is 50.3 Å². The molecule has 3 nitrogen and oxygen atoms in total. The van der Waals surface area contributed by atoms with E-state index in [0.29, 0.717) is 0 Å². The van der Waals surface area contributed by atoms with Gasteiger partial charge in [-0.15, -0.1) is 11.3 Å². The zero-order valence-corrected chi connectivity index (χ0v) is 12.3. The highest BCUT2D eigenvalue weighted by molar-refractivity contribution is 7.15. The maximum absolute atomic E-state index is 4.44. The minimum Gasteiger partial charge on any atom is -0.362 e. The summed E-state index contributed by atoms with van der Waals surface area (Å²) in [5.41, 5.74) is 0. The molecule has 2 rings (SSSR count). The summed E-state index contributed by atoms with van der Waals surface area (Å²) in [5.74, 6) is 0. The maximum Gasteiger partial charge on any atom is 0.182 e. The number of hydrogen-bond acceptors (Lipinski definition) is 4. The Balaban J connectivity index is 1.81. The third-order valence-electron chi connectivity index (χ3n) is 3.41. The Morgan fingerprint density at radius 2 is 1.94 bits per heavy atom. The SMILES string of the molecule is CCCNc1ncc(CN2CCCCCCC2)s1. The van der Waals surface area contributed by atoms with Crippen LogP contribution in [0.15, 0.2) is 6.20 Å². The van der Waals surface area contributed by atoms with Crippen LogP contribution < -0.4 is 5.32 Å². The largest absolute Gasteiger partial charge is 0.362 e. The smallest absolute Gasteiger partial charge is 0.182 e. The molecule has 2 heterocycles. The predicted molar refractivity (Wildman–Crippen MR) is 79.3 cm³/mol. The highest BCUT2D eigenvalue weighted by Gasteiger charge is 2.10. The Morgan fingerprint density at radius 1 is 1.22 bits per heavy atom. The summed E-state index contributed by atoms with van der Waals surface area (Å²) in [6.45, 7) is 6.81. The van der Waals surface area contributed by atoms with Gasteiger partial charge in [-0.3, -0.25) is 4.90 Å². The molecule has 4 heteroatoms. The molecule has 1 aliphatic rings. The van der Waals surface area contributed by atoms with E-state index in [2.05, 4.69) is 22.1 Å². The molecule has 1 aromatic heterocycles. The van der Waals surface area contributed by atoms with Crippen molar-refractivity contribution in [2.24, 2.45) is 0 Å². The van der Waals surface area contributed by atoms with Crippen molar-refractivity contribution in [2.75, 3.05) is 25.0 Å². The van der Waals surface area contributed by atoms with Gasteiger partial charge in [-0.2, -0.15) is 0 Å². The molecule has 0 unspecified atom stereocenters. The van der Waals surface area contributed by atoms with Crippen molar-refractivity contribution in [1.82, 2.24) is 9.88 Å². The van der Waals surface area contributed by atoms with E-state index in [1.54, 1.807) is 0 Å². The fraction of sp³-hybridized carbons (Fsp3) is 0.786. The number of likely N-dealkylation sites (tertiary alicyclic amines) is 1. The average Bonchev–Trinajstić information content (AvgIpc) is 2.77. The monoisotopic (exact) mass is 267 g/mol. The van der Waals surface area contributed by atoms with E-state index in [4.69, 9.17) is 0 Å². The van der Waals surface area contributed by atoms with E-state index in [0.717, 1.165) is 24.6 Å². The fourth-order valence-corrected chi connectivity index (χ4v) is 3.27. The van der Waals surface area contributed by atoms with Crippen molar-refractivity contribution in [3.8, 4) is 0 Å².